The maximum atomic E-state index is 4.69. The predicted molar refractivity (Wildman–Crippen MR) is 95.9 cm³/mol. The van der Waals surface area contributed by atoms with Crippen LogP contribution in [0.15, 0.2) is 30.3 Å². The highest BCUT2D eigenvalue weighted by molar-refractivity contribution is 5.52. The zero-order valence-electron chi connectivity index (χ0n) is 14.5. The normalized spacial score (nSPS) is 18.4. The third-order valence-corrected chi connectivity index (χ3v) is 4.63. The average Bonchev–Trinajstić information content (AvgIpc) is 2.53. The molecule has 2 atom stereocenters. The van der Waals surface area contributed by atoms with Crippen molar-refractivity contribution in [2.75, 3.05) is 10.2 Å². The molecule has 0 radical (unpaired) electrons. The van der Waals surface area contributed by atoms with E-state index in [9.17, 15) is 0 Å². The molecule has 0 fully saturated rings. The lowest BCUT2D eigenvalue weighted by molar-refractivity contribution is 0.585. The molecule has 0 spiro atoms. The van der Waals surface area contributed by atoms with E-state index < -0.39 is 0 Å². The van der Waals surface area contributed by atoms with E-state index in [0.717, 1.165) is 36.8 Å². The Bertz CT molecular complexity index is 683. The Morgan fingerprint density at radius 2 is 2.00 bits per heavy atom. The van der Waals surface area contributed by atoms with Gasteiger partial charge in [0.1, 0.15) is 17.5 Å². The van der Waals surface area contributed by atoms with E-state index in [1.807, 2.05) is 6.92 Å². The minimum absolute atomic E-state index is 0.414. The highest BCUT2D eigenvalue weighted by Gasteiger charge is 2.24. The molecule has 2 heterocycles. The first-order valence-corrected chi connectivity index (χ1v) is 8.52. The largest absolute Gasteiger partial charge is 0.367 e. The lowest BCUT2D eigenvalue weighted by Crippen LogP contribution is -2.39. The fourth-order valence-corrected chi connectivity index (χ4v) is 3.11. The van der Waals surface area contributed by atoms with E-state index >= 15 is 0 Å². The Labute approximate surface area is 139 Å². The second-order valence-corrected chi connectivity index (χ2v) is 6.56. The molecule has 4 nitrogen and oxygen atoms in total. The quantitative estimate of drug-likeness (QED) is 0.928. The van der Waals surface area contributed by atoms with Gasteiger partial charge in [-0.1, -0.05) is 31.2 Å². The van der Waals surface area contributed by atoms with Gasteiger partial charge in [0.05, 0.1) is 0 Å². The van der Waals surface area contributed by atoms with Gasteiger partial charge in [0.15, 0.2) is 0 Å². The summed E-state index contributed by atoms with van der Waals surface area (Å²) in [6.07, 6.45) is 2.14. The van der Waals surface area contributed by atoms with Crippen molar-refractivity contribution >= 4 is 11.6 Å². The number of nitrogens with zero attached hydrogens (tertiary/aromatic N) is 3. The van der Waals surface area contributed by atoms with Crippen LogP contribution in [0.25, 0.3) is 0 Å². The molecule has 1 N–H and O–H groups in total. The Hall–Kier alpha value is -2.10. The molecule has 23 heavy (non-hydrogen) atoms. The van der Waals surface area contributed by atoms with Gasteiger partial charge in [0.2, 0.25) is 0 Å². The number of benzene rings is 1. The summed E-state index contributed by atoms with van der Waals surface area (Å²) < 4.78 is 0. The topological polar surface area (TPSA) is 41.0 Å². The van der Waals surface area contributed by atoms with Crippen LogP contribution >= 0.6 is 0 Å². The maximum Gasteiger partial charge on any atom is 0.134 e. The Kier molecular flexibility index (Phi) is 4.51. The van der Waals surface area contributed by atoms with E-state index in [-0.39, 0.29) is 0 Å². The Morgan fingerprint density at radius 3 is 2.74 bits per heavy atom. The lowest BCUT2D eigenvalue weighted by Gasteiger charge is -2.36. The van der Waals surface area contributed by atoms with E-state index in [1.165, 1.54) is 11.1 Å². The smallest absolute Gasteiger partial charge is 0.134 e. The number of aryl methyl sites for hydroxylation is 1. The molecule has 122 valence electrons. The van der Waals surface area contributed by atoms with Crippen LogP contribution in [0.5, 0.6) is 0 Å². The van der Waals surface area contributed by atoms with Crippen molar-refractivity contribution in [2.24, 2.45) is 0 Å². The summed E-state index contributed by atoms with van der Waals surface area (Å²) in [4.78, 5) is 11.6. The predicted octanol–water partition coefficient (Wildman–Crippen LogP) is 3.95. The lowest BCUT2D eigenvalue weighted by atomic mass is 9.95. The highest BCUT2D eigenvalue weighted by atomic mass is 15.2. The molecule has 0 saturated heterocycles. The summed E-state index contributed by atoms with van der Waals surface area (Å²) in [6, 6.07) is 11.7. The first-order chi connectivity index (χ1) is 11.1. The minimum Gasteiger partial charge on any atom is -0.367 e. The van der Waals surface area contributed by atoms with Crippen LogP contribution in [-0.2, 0) is 13.0 Å². The van der Waals surface area contributed by atoms with Crippen molar-refractivity contribution in [3.05, 3.63) is 47.3 Å². The second-order valence-electron chi connectivity index (χ2n) is 6.56. The van der Waals surface area contributed by atoms with Crippen LogP contribution in [0.1, 0.15) is 44.1 Å². The van der Waals surface area contributed by atoms with Crippen molar-refractivity contribution in [3.63, 3.8) is 0 Å². The van der Waals surface area contributed by atoms with Crippen molar-refractivity contribution in [2.45, 2.75) is 59.2 Å². The molecule has 4 heteroatoms. The first-order valence-electron chi connectivity index (χ1n) is 8.52. The molecule has 0 amide bonds. The maximum absolute atomic E-state index is 4.69. The number of fused-ring (bicyclic) bond motifs is 1. The SMILES string of the molecule is CC[C@H](C)Nc1cc(N2Cc3ccccc3C[C@@H]2C)nc(C)n1. The van der Waals surface area contributed by atoms with Crippen LogP contribution in [0.2, 0.25) is 0 Å². The van der Waals surface area contributed by atoms with Gasteiger partial charge in [0.25, 0.3) is 0 Å². The molecule has 0 bridgehead atoms. The van der Waals surface area contributed by atoms with Crippen molar-refractivity contribution in [3.8, 4) is 0 Å². The van der Waals surface area contributed by atoms with Gasteiger partial charge < -0.3 is 10.2 Å². The summed E-state index contributed by atoms with van der Waals surface area (Å²) in [6.45, 7) is 9.51. The van der Waals surface area contributed by atoms with Crippen LogP contribution in [0, 0.1) is 6.92 Å². The monoisotopic (exact) mass is 310 g/mol. The number of aromatic nitrogens is 2. The van der Waals surface area contributed by atoms with Gasteiger partial charge in [-0.3, -0.25) is 0 Å². The molecule has 1 aliphatic rings. The van der Waals surface area contributed by atoms with Crippen molar-refractivity contribution in [1.29, 1.82) is 0 Å². The molecule has 1 aromatic carbocycles. The third kappa shape index (κ3) is 3.46. The second kappa shape index (κ2) is 6.57. The van der Waals surface area contributed by atoms with Gasteiger partial charge in [0, 0.05) is 24.7 Å². The van der Waals surface area contributed by atoms with E-state index in [1.54, 1.807) is 0 Å². The van der Waals surface area contributed by atoms with Crippen molar-refractivity contribution in [1.82, 2.24) is 9.97 Å². The molecule has 0 unspecified atom stereocenters. The van der Waals surface area contributed by atoms with Gasteiger partial charge in [-0.15, -0.1) is 0 Å². The molecule has 1 aromatic heterocycles. The first kappa shape index (κ1) is 15.8. The summed E-state index contributed by atoms with van der Waals surface area (Å²) in [5.41, 5.74) is 2.86. The molecule has 3 rings (SSSR count). The zero-order chi connectivity index (χ0) is 16.4. The Balaban J connectivity index is 1.89. The molecule has 0 saturated carbocycles. The molecular weight excluding hydrogens is 284 g/mol. The third-order valence-electron chi connectivity index (χ3n) is 4.63. The number of hydrogen-bond acceptors (Lipinski definition) is 4. The summed E-state index contributed by atoms with van der Waals surface area (Å²) >= 11 is 0. The standard InChI is InChI=1S/C19H26N4/c1-5-13(2)20-18-11-19(22-15(4)21-18)23-12-17-9-7-6-8-16(17)10-14(23)3/h6-9,11,13-14H,5,10,12H2,1-4H3,(H,20,21,22)/t13-,14-/m0/s1. The molecule has 2 aromatic rings. The molecule has 1 aliphatic heterocycles. The molecular formula is C19H26N4. The van der Waals surface area contributed by atoms with E-state index in [2.05, 4.69) is 71.3 Å². The van der Waals surface area contributed by atoms with Crippen LogP contribution in [0.4, 0.5) is 11.6 Å². The molecule has 0 aliphatic carbocycles. The summed E-state index contributed by atoms with van der Waals surface area (Å²) in [5.74, 6) is 2.76. The number of rotatable bonds is 4. The van der Waals surface area contributed by atoms with Crippen LogP contribution in [-0.4, -0.2) is 22.1 Å². The fraction of sp³-hybridized carbons (Fsp3) is 0.474. The van der Waals surface area contributed by atoms with Gasteiger partial charge >= 0.3 is 0 Å². The van der Waals surface area contributed by atoms with Crippen molar-refractivity contribution < 1.29 is 0 Å². The average molecular weight is 310 g/mol. The zero-order valence-corrected chi connectivity index (χ0v) is 14.5. The minimum atomic E-state index is 0.414. The van der Waals surface area contributed by atoms with Crippen LogP contribution in [0.3, 0.4) is 0 Å². The van der Waals surface area contributed by atoms with Gasteiger partial charge in [-0.2, -0.15) is 0 Å². The fourth-order valence-electron chi connectivity index (χ4n) is 3.11. The van der Waals surface area contributed by atoms with Crippen LogP contribution < -0.4 is 10.2 Å². The van der Waals surface area contributed by atoms with E-state index in [4.69, 9.17) is 0 Å². The number of hydrogen-bond donors (Lipinski definition) is 1. The summed E-state index contributed by atoms with van der Waals surface area (Å²) in [7, 11) is 0. The number of anilines is 2. The van der Waals surface area contributed by atoms with Gasteiger partial charge in [-0.25, -0.2) is 9.97 Å². The van der Waals surface area contributed by atoms with E-state index in [0.29, 0.717) is 12.1 Å². The summed E-state index contributed by atoms with van der Waals surface area (Å²) in [5, 5.41) is 3.47. The highest BCUT2D eigenvalue weighted by Crippen LogP contribution is 2.28. The Morgan fingerprint density at radius 1 is 1.26 bits per heavy atom. The number of nitrogens with one attached hydrogen (secondary N) is 1. The van der Waals surface area contributed by atoms with Gasteiger partial charge in [-0.05, 0) is 44.7 Å².